The van der Waals surface area contributed by atoms with E-state index >= 15 is 0 Å². The van der Waals surface area contributed by atoms with E-state index in [9.17, 15) is 0 Å². The van der Waals surface area contributed by atoms with Gasteiger partial charge in [0.15, 0.2) is 0 Å². The van der Waals surface area contributed by atoms with Crippen molar-refractivity contribution in [1.82, 2.24) is 0 Å². The Bertz CT molecular complexity index is 482. The van der Waals surface area contributed by atoms with Gasteiger partial charge in [0.2, 0.25) is 0 Å². The van der Waals surface area contributed by atoms with Crippen molar-refractivity contribution in [1.29, 1.82) is 0 Å². The van der Waals surface area contributed by atoms with Crippen LogP contribution in [0.15, 0.2) is 24.3 Å². The number of hydrogen-bond donors (Lipinski definition) is 3. The van der Waals surface area contributed by atoms with Crippen LogP contribution in [-0.2, 0) is 16.8 Å². The zero-order valence-electron chi connectivity index (χ0n) is 13.1. The number of unbranched alkanes of at least 4 members (excludes halogenated alkanes) is 6. The predicted octanol–water partition coefficient (Wildman–Crippen LogP) is 3.58. The molecule has 0 aliphatic rings. The maximum atomic E-state index is 8.74. The molecule has 1 aromatic carbocycles. The van der Waals surface area contributed by atoms with E-state index in [2.05, 4.69) is 13.0 Å². The van der Waals surface area contributed by atoms with Crippen molar-refractivity contribution in [3.05, 3.63) is 29.8 Å². The second-order valence-electron chi connectivity index (χ2n) is 5.04. The first-order valence-corrected chi connectivity index (χ1v) is 8.92. The molecular formula is C15H27NO5S. The lowest BCUT2D eigenvalue weighted by molar-refractivity contribution is 0.330. The molecule has 6 nitrogen and oxygen atoms in total. The van der Waals surface area contributed by atoms with Gasteiger partial charge in [0.25, 0.3) is 0 Å². The second kappa shape index (κ2) is 12.4. The maximum Gasteiger partial charge on any atom is 0.394 e. The summed E-state index contributed by atoms with van der Waals surface area (Å²) in [5.74, 6) is 6.05. The van der Waals surface area contributed by atoms with Crippen LogP contribution in [0.25, 0.3) is 0 Å². The molecule has 0 saturated heterocycles. The van der Waals surface area contributed by atoms with Gasteiger partial charge in [-0.3, -0.25) is 9.11 Å². The van der Waals surface area contributed by atoms with E-state index in [0.29, 0.717) is 0 Å². The van der Waals surface area contributed by atoms with E-state index in [1.165, 1.54) is 50.5 Å². The first kappa shape index (κ1) is 20.9. The van der Waals surface area contributed by atoms with Crippen molar-refractivity contribution in [3.8, 4) is 5.75 Å². The molecule has 0 spiro atoms. The minimum absolute atomic E-state index is 0.818. The fraction of sp³-hybridized carbons (Fsp3) is 0.600. The van der Waals surface area contributed by atoms with Crippen LogP contribution in [-0.4, -0.2) is 17.5 Å². The molecule has 7 heteroatoms. The standard InChI is InChI=1S/C15H25NO.H2O4S/c1-2-3-4-5-6-7-8-11-14-12-9-10-13-15(14)17-16;1-5(2,3)4/h9-10,12-13H,2-8,11,16H2,1H3;(H2,1,2,3,4). The van der Waals surface area contributed by atoms with Gasteiger partial charge in [-0.25, -0.2) is 0 Å². The van der Waals surface area contributed by atoms with Crippen molar-refractivity contribution in [3.63, 3.8) is 0 Å². The molecule has 0 atom stereocenters. The van der Waals surface area contributed by atoms with Gasteiger partial charge >= 0.3 is 10.4 Å². The Morgan fingerprint density at radius 1 is 1.00 bits per heavy atom. The molecule has 0 aliphatic heterocycles. The fourth-order valence-corrected chi connectivity index (χ4v) is 2.10. The summed E-state index contributed by atoms with van der Waals surface area (Å²) < 4.78 is 31.6. The number of para-hydroxylation sites is 1. The molecule has 0 saturated carbocycles. The van der Waals surface area contributed by atoms with Crippen molar-refractivity contribution in [2.75, 3.05) is 0 Å². The number of rotatable bonds is 9. The molecule has 22 heavy (non-hydrogen) atoms. The molecule has 0 aliphatic carbocycles. The Morgan fingerprint density at radius 2 is 1.50 bits per heavy atom. The lowest BCUT2D eigenvalue weighted by Gasteiger charge is -2.06. The molecule has 0 bridgehead atoms. The van der Waals surface area contributed by atoms with Crippen LogP contribution in [0.2, 0.25) is 0 Å². The number of aryl methyl sites for hydroxylation is 1. The van der Waals surface area contributed by atoms with Gasteiger partial charge in [-0.15, -0.1) is 0 Å². The van der Waals surface area contributed by atoms with Crippen LogP contribution in [0, 0.1) is 0 Å². The summed E-state index contributed by atoms with van der Waals surface area (Å²) >= 11 is 0. The molecule has 0 radical (unpaired) electrons. The number of benzene rings is 1. The Kier molecular flexibility index (Phi) is 11.8. The zero-order chi connectivity index (χ0) is 16.8. The lowest BCUT2D eigenvalue weighted by Crippen LogP contribution is -2.04. The van der Waals surface area contributed by atoms with Gasteiger partial charge in [-0.2, -0.15) is 14.3 Å². The van der Waals surface area contributed by atoms with Crippen LogP contribution in [0.5, 0.6) is 5.75 Å². The Labute approximate surface area is 133 Å². The highest BCUT2D eigenvalue weighted by atomic mass is 32.3. The Balaban J connectivity index is 0.000000763. The van der Waals surface area contributed by atoms with E-state index < -0.39 is 10.4 Å². The molecule has 0 unspecified atom stereocenters. The second-order valence-corrected chi connectivity index (χ2v) is 5.94. The van der Waals surface area contributed by atoms with Gasteiger partial charge in [0.05, 0.1) is 0 Å². The Morgan fingerprint density at radius 3 is 2.05 bits per heavy atom. The van der Waals surface area contributed by atoms with Gasteiger partial charge < -0.3 is 4.84 Å². The van der Waals surface area contributed by atoms with Crippen LogP contribution in [0.4, 0.5) is 0 Å². The third-order valence-corrected chi connectivity index (χ3v) is 3.15. The van der Waals surface area contributed by atoms with E-state index in [-0.39, 0.29) is 0 Å². The SMILES string of the molecule is CCCCCCCCCc1ccccc1ON.O=S(=O)(O)O. The molecular weight excluding hydrogens is 306 g/mol. The summed E-state index contributed by atoms with van der Waals surface area (Å²) in [6, 6.07) is 8.02. The highest BCUT2D eigenvalue weighted by Crippen LogP contribution is 2.19. The smallest absolute Gasteiger partial charge is 0.394 e. The summed E-state index contributed by atoms with van der Waals surface area (Å²) in [6.45, 7) is 2.25. The maximum absolute atomic E-state index is 8.74. The van der Waals surface area contributed by atoms with E-state index in [1.807, 2.05) is 18.2 Å². The first-order chi connectivity index (χ1) is 10.4. The minimum Gasteiger partial charge on any atom is -0.411 e. The molecule has 0 aromatic heterocycles. The third-order valence-electron chi connectivity index (χ3n) is 3.15. The average molecular weight is 333 g/mol. The third kappa shape index (κ3) is 13.8. The molecule has 0 amide bonds. The summed E-state index contributed by atoms with van der Waals surface area (Å²) in [5, 5.41) is 0. The monoisotopic (exact) mass is 333 g/mol. The summed E-state index contributed by atoms with van der Waals surface area (Å²) in [6.07, 6.45) is 10.4. The Hall–Kier alpha value is -1.15. The first-order valence-electron chi connectivity index (χ1n) is 7.53. The van der Waals surface area contributed by atoms with E-state index in [1.54, 1.807) is 0 Å². The molecule has 0 heterocycles. The molecule has 0 fully saturated rings. The van der Waals surface area contributed by atoms with Gasteiger partial charge in [-0.1, -0.05) is 63.6 Å². The topological polar surface area (TPSA) is 110 Å². The van der Waals surface area contributed by atoms with E-state index in [4.69, 9.17) is 28.3 Å². The minimum atomic E-state index is -4.67. The summed E-state index contributed by atoms with van der Waals surface area (Å²) in [5.41, 5.74) is 1.23. The van der Waals surface area contributed by atoms with Crippen molar-refractivity contribution in [2.45, 2.75) is 58.3 Å². The number of nitrogens with two attached hydrogens (primary N) is 1. The van der Waals surface area contributed by atoms with Crippen molar-refractivity contribution < 1.29 is 22.4 Å². The van der Waals surface area contributed by atoms with Crippen LogP contribution >= 0.6 is 0 Å². The van der Waals surface area contributed by atoms with Gasteiger partial charge in [-0.05, 0) is 24.5 Å². The lowest BCUT2D eigenvalue weighted by atomic mass is 10.0. The predicted molar refractivity (Wildman–Crippen MR) is 87.1 cm³/mol. The zero-order valence-corrected chi connectivity index (χ0v) is 13.9. The molecule has 4 N–H and O–H groups in total. The largest absolute Gasteiger partial charge is 0.411 e. The average Bonchev–Trinajstić information content (AvgIpc) is 2.45. The molecule has 1 rings (SSSR count). The quantitative estimate of drug-likeness (QED) is 0.362. The van der Waals surface area contributed by atoms with Gasteiger partial charge in [0.1, 0.15) is 5.75 Å². The fourth-order valence-electron chi connectivity index (χ4n) is 2.10. The van der Waals surface area contributed by atoms with Crippen LogP contribution < -0.4 is 10.7 Å². The van der Waals surface area contributed by atoms with Crippen LogP contribution in [0.1, 0.15) is 57.4 Å². The normalized spacial score (nSPS) is 10.7. The highest BCUT2D eigenvalue weighted by Gasteiger charge is 2.01. The molecule has 128 valence electrons. The number of hydrogen-bond acceptors (Lipinski definition) is 4. The summed E-state index contributed by atoms with van der Waals surface area (Å²) in [4.78, 5) is 4.86. The van der Waals surface area contributed by atoms with Gasteiger partial charge in [0, 0.05) is 0 Å². The molecule has 1 aromatic rings. The van der Waals surface area contributed by atoms with Crippen molar-refractivity contribution >= 4 is 10.4 Å². The van der Waals surface area contributed by atoms with Crippen LogP contribution in [0.3, 0.4) is 0 Å². The highest BCUT2D eigenvalue weighted by molar-refractivity contribution is 7.79. The summed E-state index contributed by atoms with van der Waals surface area (Å²) in [7, 11) is -4.67. The van der Waals surface area contributed by atoms with Crippen molar-refractivity contribution in [2.24, 2.45) is 5.90 Å². The van der Waals surface area contributed by atoms with E-state index in [0.717, 1.165) is 12.2 Å².